The molecule has 0 aromatic heterocycles. The molecule has 0 aliphatic carbocycles. The molecule has 0 atom stereocenters. The molecule has 0 saturated heterocycles. The van der Waals surface area contributed by atoms with Gasteiger partial charge in [0.25, 0.3) is 0 Å². The second-order valence-electron chi connectivity index (χ2n) is 6.76. The molecule has 0 nitrogen and oxygen atoms in total. The third-order valence-corrected chi connectivity index (χ3v) is 5.18. The van der Waals surface area contributed by atoms with Crippen molar-refractivity contribution in [2.45, 2.75) is 77.6 Å². The molecule has 0 heterocycles. The maximum atomic E-state index is 3.54. The van der Waals surface area contributed by atoms with Crippen LogP contribution in [0.3, 0.4) is 0 Å². The maximum Gasteiger partial charge on any atom is 0.0181 e. The molecule has 2 aromatic carbocycles. The van der Waals surface area contributed by atoms with Crippen molar-refractivity contribution >= 4 is 26.7 Å². The molecule has 0 bridgehead atoms. The summed E-state index contributed by atoms with van der Waals surface area (Å²) in [5.74, 6) is 0. The number of unbranched alkanes of at least 4 members (excludes halogenated alkanes) is 9. The van der Waals surface area contributed by atoms with E-state index >= 15 is 0 Å². The van der Waals surface area contributed by atoms with Crippen LogP contribution in [0.15, 0.2) is 40.9 Å². The van der Waals surface area contributed by atoms with Crippen LogP contribution < -0.4 is 0 Å². The van der Waals surface area contributed by atoms with Gasteiger partial charge in [-0.15, -0.1) is 0 Å². The lowest BCUT2D eigenvalue weighted by atomic mass is 10.0. The molecule has 0 radical (unpaired) electrons. The maximum absolute atomic E-state index is 3.54. The molecule has 1 heteroatoms. The van der Waals surface area contributed by atoms with E-state index in [9.17, 15) is 0 Å². The van der Waals surface area contributed by atoms with Gasteiger partial charge in [0.15, 0.2) is 0 Å². The minimum atomic E-state index is 1.16. The van der Waals surface area contributed by atoms with Gasteiger partial charge in [-0.2, -0.15) is 0 Å². The van der Waals surface area contributed by atoms with Gasteiger partial charge in [-0.25, -0.2) is 0 Å². The predicted octanol–water partition coefficient (Wildman–Crippen LogP) is 8.07. The lowest BCUT2D eigenvalue weighted by Gasteiger charge is -2.05. The molecule has 0 aliphatic heterocycles. The largest absolute Gasteiger partial charge is 0.0654 e. The number of rotatable bonds is 11. The lowest BCUT2D eigenvalue weighted by Crippen LogP contribution is -1.87. The smallest absolute Gasteiger partial charge is 0.0181 e. The van der Waals surface area contributed by atoms with Crippen molar-refractivity contribution in [3.05, 3.63) is 46.4 Å². The van der Waals surface area contributed by atoms with Gasteiger partial charge in [-0.05, 0) is 41.3 Å². The molecule has 0 saturated carbocycles. The summed E-state index contributed by atoms with van der Waals surface area (Å²) < 4.78 is 1.16. The normalized spacial score (nSPS) is 11.2. The number of hydrogen-bond donors (Lipinski definition) is 0. The first-order valence-corrected chi connectivity index (χ1v) is 10.3. The van der Waals surface area contributed by atoms with E-state index in [-0.39, 0.29) is 0 Å². The van der Waals surface area contributed by atoms with Gasteiger partial charge < -0.3 is 0 Å². The Morgan fingerprint density at radius 1 is 0.652 bits per heavy atom. The van der Waals surface area contributed by atoms with Gasteiger partial charge in [0, 0.05) is 4.47 Å². The van der Waals surface area contributed by atoms with Gasteiger partial charge in [0.05, 0.1) is 0 Å². The van der Waals surface area contributed by atoms with Crippen LogP contribution in [0.5, 0.6) is 0 Å². The molecular formula is C22H31Br. The van der Waals surface area contributed by atoms with Crippen LogP contribution >= 0.6 is 15.9 Å². The van der Waals surface area contributed by atoms with Gasteiger partial charge in [-0.3, -0.25) is 0 Å². The molecule has 0 fully saturated rings. The fourth-order valence-electron chi connectivity index (χ4n) is 3.24. The third-order valence-electron chi connectivity index (χ3n) is 4.69. The van der Waals surface area contributed by atoms with E-state index in [0.717, 1.165) is 4.47 Å². The van der Waals surface area contributed by atoms with E-state index in [1.165, 1.54) is 87.0 Å². The monoisotopic (exact) mass is 374 g/mol. The van der Waals surface area contributed by atoms with Crippen LogP contribution in [0, 0.1) is 0 Å². The number of hydrogen-bond acceptors (Lipinski definition) is 0. The van der Waals surface area contributed by atoms with Crippen LogP contribution in [0.4, 0.5) is 0 Å². The highest BCUT2D eigenvalue weighted by Crippen LogP contribution is 2.22. The molecule has 0 unspecified atom stereocenters. The van der Waals surface area contributed by atoms with Crippen molar-refractivity contribution in [2.75, 3.05) is 0 Å². The predicted molar refractivity (Wildman–Crippen MR) is 107 cm³/mol. The van der Waals surface area contributed by atoms with Crippen LogP contribution in [-0.4, -0.2) is 0 Å². The zero-order chi connectivity index (χ0) is 16.3. The molecule has 23 heavy (non-hydrogen) atoms. The summed E-state index contributed by atoms with van der Waals surface area (Å²) in [6.45, 7) is 2.29. The topological polar surface area (TPSA) is 0 Å². The summed E-state index contributed by atoms with van der Waals surface area (Å²) in [7, 11) is 0. The second kappa shape index (κ2) is 10.9. The first-order chi connectivity index (χ1) is 11.3. The summed E-state index contributed by atoms with van der Waals surface area (Å²) in [5, 5.41) is 2.68. The Labute approximate surface area is 150 Å². The molecule has 0 spiro atoms. The first kappa shape index (κ1) is 18.5. The minimum Gasteiger partial charge on any atom is -0.0654 e. The highest BCUT2D eigenvalue weighted by atomic mass is 79.9. The van der Waals surface area contributed by atoms with Crippen molar-refractivity contribution in [1.82, 2.24) is 0 Å². The number of aryl methyl sites for hydroxylation is 1. The molecule has 0 aliphatic rings. The molecular weight excluding hydrogens is 344 g/mol. The van der Waals surface area contributed by atoms with Crippen molar-refractivity contribution in [2.24, 2.45) is 0 Å². The van der Waals surface area contributed by atoms with E-state index in [1.807, 2.05) is 0 Å². The van der Waals surface area contributed by atoms with E-state index in [0.29, 0.717) is 0 Å². The van der Waals surface area contributed by atoms with E-state index in [4.69, 9.17) is 0 Å². The van der Waals surface area contributed by atoms with E-state index in [2.05, 4.69) is 59.3 Å². The Morgan fingerprint density at radius 2 is 1.22 bits per heavy atom. The standard InChI is InChI=1S/C22H31Br/c1-2-3-4-5-6-7-8-9-10-11-12-19-13-14-21-18-22(23)16-15-20(21)17-19/h13-18H,2-12H2,1H3. The fraction of sp³-hybridized carbons (Fsp3) is 0.545. The number of benzene rings is 2. The molecule has 0 amide bonds. The zero-order valence-corrected chi connectivity index (χ0v) is 16.2. The Bertz CT molecular complexity index is 573. The van der Waals surface area contributed by atoms with E-state index in [1.54, 1.807) is 0 Å². The van der Waals surface area contributed by atoms with Gasteiger partial charge in [0.1, 0.15) is 0 Å². The van der Waals surface area contributed by atoms with Gasteiger partial charge in [0.2, 0.25) is 0 Å². The van der Waals surface area contributed by atoms with Crippen LogP contribution in [0.2, 0.25) is 0 Å². The fourth-order valence-corrected chi connectivity index (χ4v) is 3.62. The Hall–Kier alpha value is -0.820. The number of halogens is 1. The summed E-state index contributed by atoms with van der Waals surface area (Å²) in [6.07, 6.45) is 15.3. The highest BCUT2D eigenvalue weighted by Gasteiger charge is 1.99. The molecule has 2 aromatic rings. The van der Waals surface area contributed by atoms with Crippen molar-refractivity contribution in [3.63, 3.8) is 0 Å². The van der Waals surface area contributed by atoms with Crippen LogP contribution in [-0.2, 0) is 6.42 Å². The average Bonchev–Trinajstić information content (AvgIpc) is 2.56. The quantitative estimate of drug-likeness (QED) is 0.348. The lowest BCUT2D eigenvalue weighted by molar-refractivity contribution is 0.556. The van der Waals surface area contributed by atoms with E-state index < -0.39 is 0 Å². The van der Waals surface area contributed by atoms with Crippen LogP contribution in [0.25, 0.3) is 10.8 Å². The Balaban J connectivity index is 1.58. The number of fused-ring (bicyclic) bond motifs is 1. The third kappa shape index (κ3) is 7.08. The van der Waals surface area contributed by atoms with Crippen LogP contribution in [0.1, 0.15) is 76.7 Å². The van der Waals surface area contributed by atoms with Crippen molar-refractivity contribution < 1.29 is 0 Å². The summed E-state index contributed by atoms with van der Waals surface area (Å²) in [5.41, 5.74) is 1.49. The average molecular weight is 375 g/mol. The minimum absolute atomic E-state index is 1.16. The van der Waals surface area contributed by atoms with Crippen molar-refractivity contribution in [3.8, 4) is 0 Å². The highest BCUT2D eigenvalue weighted by molar-refractivity contribution is 9.10. The van der Waals surface area contributed by atoms with Gasteiger partial charge in [-0.1, -0.05) is 105 Å². The Kier molecular flexibility index (Phi) is 8.74. The molecule has 126 valence electrons. The molecule has 2 rings (SSSR count). The zero-order valence-electron chi connectivity index (χ0n) is 14.6. The summed E-state index contributed by atoms with van der Waals surface area (Å²) in [4.78, 5) is 0. The SMILES string of the molecule is CCCCCCCCCCCCc1ccc2cc(Br)ccc2c1. The first-order valence-electron chi connectivity index (χ1n) is 9.48. The Morgan fingerprint density at radius 3 is 1.91 bits per heavy atom. The molecule has 0 N–H and O–H groups in total. The summed E-state index contributed by atoms with van der Waals surface area (Å²) >= 11 is 3.54. The second-order valence-corrected chi connectivity index (χ2v) is 7.67. The van der Waals surface area contributed by atoms with Gasteiger partial charge >= 0.3 is 0 Å². The summed E-state index contributed by atoms with van der Waals surface area (Å²) in [6, 6.07) is 13.4. The van der Waals surface area contributed by atoms with Crippen molar-refractivity contribution in [1.29, 1.82) is 0 Å².